The first-order valence-corrected chi connectivity index (χ1v) is 9.33. The maximum Gasteiger partial charge on any atom is 0.374 e. The molecule has 1 aromatic heterocycles. The van der Waals surface area contributed by atoms with Crippen LogP contribution in [0.15, 0.2) is 28.7 Å². The van der Waals surface area contributed by atoms with Gasteiger partial charge in [0, 0.05) is 17.7 Å². The topological polar surface area (TPSA) is 42.7 Å². The van der Waals surface area contributed by atoms with Crippen molar-refractivity contribution in [3.63, 3.8) is 0 Å². The molecule has 0 saturated heterocycles. The molecule has 23 heavy (non-hydrogen) atoms. The first-order valence-electron chi connectivity index (χ1n) is 8.17. The molecule has 0 unspecified atom stereocenters. The third-order valence-electron chi connectivity index (χ3n) is 3.79. The highest BCUT2D eigenvalue weighted by Gasteiger charge is 2.14. The number of carbonyl (C=O) groups is 1. The quantitative estimate of drug-likeness (QED) is 0.643. The van der Waals surface area contributed by atoms with Crippen molar-refractivity contribution in [1.29, 1.82) is 0 Å². The lowest BCUT2D eigenvalue weighted by Gasteiger charge is -2.17. The predicted octanol–water partition coefficient (Wildman–Crippen LogP) is 4.18. The molecule has 0 radical (unpaired) electrons. The lowest BCUT2D eigenvalue weighted by molar-refractivity contribution is 0.0433. The van der Waals surface area contributed by atoms with Crippen molar-refractivity contribution in [3.8, 4) is 0 Å². The Morgan fingerprint density at radius 2 is 2.00 bits per heavy atom. The summed E-state index contributed by atoms with van der Waals surface area (Å²) in [6.45, 7) is 9.38. The highest BCUT2D eigenvalue weighted by atomic mass is 32.2. The second-order valence-electron chi connectivity index (χ2n) is 5.28. The average Bonchev–Trinajstić information content (AvgIpc) is 3.00. The van der Waals surface area contributed by atoms with Gasteiger partial charge in [-0.15, -0.1) is 0 Å². The largest absolute Gasteiger partial charge is 0.458 e. The maximum atomic E-state index is 12.1. The normalized spacial score (nSPS) is 11.3. The number of esters is 1. The summed E-state index contributed by atoms with van der Waals surface area (Å²) in [5, 5.41) is 0.954. The third kappa shape index (κ3) is 5.01. The van der Waals surface area contributed by atoms with Crippen molar-refractivity contribution in [1.82, 2.24) is 4.90 Å². The summed E-state index contributed by atoms with van der Waals surface area (Å²) in [7, 11) is 0. The van der Waals surface area contributed by atoms with Crippen LogP contribution in [0.25, 0.3) is 11.0 Å². The number of hydrogen-bond donors (Lipinski definition) is 0. The third-order valence-corrected chi connectivity index (χ3v) is 4.74. The van der Waals surface area contributed by atoms with E-state index in [2.05, 4.69) is 31.7 Å². The molecule has 1 aromatic carbocycles. The lowest BCUT2D eigenvalue weighted by Crippen LogP contribution is -2.27. The number of hydrogen-bond acceptors (Lipinski definition) is 5. The zero-order chi connectivity index (χ0) is 16.7. The van der Waals surface area contributed by atoms with E-state index < -0.39 is 5.97 Å². The molecule has 5 heteroatoms. The SMILES string of the molecule is CCSCc1ccc2oc(C(=O)OCCN(CC)CC)cc2c1. The Morgan fingerprint density at radius 1 is 1.22 bits per heavy atom. The fraction of sp³-hybridized carbons (Fsp3) is 0.500. The van der Waals surface area contributed by atoms with Gasteiger partial charge in [0.1, 0.15) is 12.2 Å². The van der Waals surface area contributed by atoms with E-state index in [-0.39, 0.29) is 5.76 Å². The zero-order valence-corrected chi connectivity index (χ0v) is 14.9. The molecular formula is C18H25NO3S. The second-order valence-corrected chi connectivity index (χ2v) is 6.56. The van der Waals surface area contributed by atoms with Crippen LogP contribution in [-0.2, 0) is 10.5 Å². The average molecular weight is 335 g/mol. The lowest BCUT2D eigenvalue weighted by atomic mass is 10.2. The van der Waals surface area contributed by atoms with Gasteiger partial charge in [-0.05, 0) is 42.6 Å². The summed E-state index contributed by atoms with van der Waals surface area (Å²) in [4.78, 5) is 14.3. The van der Waals surface area contributed by atoms with Gasteiger partial charge in [0.05, 0.1) is 0 Å². The maximum absolute atomic E-state index is 12.1. The molecule has 0 aliphatic rings. The van der Waals surface area contributed by atoms with Gasteiger partial charge in [0.25, 0.3) is 0 Å². The molecular weight excluding hydrogens is 310 g/mol. The van der Waals surface area contributed by atoms with E-state index in [4.69, 9.17) is 9.15 Å². The van der Waals surface area contributed by atoms with Gasteiger partial charge in [-0.25, -0.2) is 4.79 Å². The van der Waals surface area contributed by atoms with Crippen LogP contribution in [0.2, 0.25) is 0 Å². The van der Waals surface area contributed by atoms with Gasteiger partial charge in [0.2, 0.25) is 5.76 Å². The summed E-state index contributed by atoms with van der Waals surface area (Å²) < 4.78 is 10.9. The van der Waals surface area contributed by atoms with Gasteiger partial charge in [-0.3, -0.25) is 0 Å². The van der Waals surface area contributed by atoms with Gasteiger partial charge in [-0.2, -0.15) is 11.8 Å². The minimum Gasteiger partial charge on any atom is -0.458 e. The monoisotopic (exact) mass is 335 g/mol. The van der Waals surface area contributed by atoms with Crippen molar-refractivity contribution in [2.75, 3.05) is 32.0 Å². The van der Waals surface area contributed by atoms with Crippen LogP contribution < -0.4 is 0 Å². The Balaban J connectivity index is 1.97. The molecule has 0 bridgehead atoms. The Labute approximate surface area is 142 Å². The molecule has 4 nitrogen and oxygen atoms in total. The Kier molecular flexibility index (Phi) is 6.99. The van der Waals surface area contributed by atoms with Crippen molar-refractivity contribution in [2.24, 2.45) is 0 Å². The molecule has 0 fully saturated rings. The van der Waals surface area contributed by atoms with Gasteiger partial charge < -0.3 is 14.1 Å². The molecule has 0 N–H and O–H groups in total. The first kappa shape index (κ1) is 17.9. The number of nitrogens with zero attached hydrogens (tertiary/aromatic N) is 1. The number of fused-ring (bicyclic) bond motifs is 1. The van der Waals surface area contributed by atoms with Crippen molar-refractivity contribution >= 4 is 28.7 Å². The number of carbonyl (C=O) groups excluding carboxylic acids is 1. The van der Waals surface area contributed by atoms with Crippen LogP contribution in [0.3, 0.4) is 0 Å². The molecule has 0 aliphatic heterocycles. The number of benzene rings is 1. The number of rotatable bonds is 9. The molecule has 0 saturated carbocycles. The molecule has 2 aromatic rings. The van der Waals surface area contributed by atoms with Crippen molar-refractivity contribution < 1.29 is 13.9 Å². The zero-order valence-electron chi connectivity index (χ0n) is 14.1. The van der Waals surface area contributed by atoms with Crippen LogP contribution in [0.5, 0.6) is 0 Å². The standard InChI is InChI=1S/C18H25NO3S/c1-4-19(5-2)9-10-21-18(20)17-12-15-11-14(13-23-6-3)7-8-16(15)22-17/h7-8,11-12H,4-6,9-10,13H2,1-3H3. The molecule has 0 spiro atoms. The number of thioether (sulfide) groups is 1. The highest BCUT2D eigenvalue weighted by Crippen LogP contribution is 2.23. The number of furan rings is 1. The highest BCUT2D eigenvalue weighted by molar-refractivity contribution is 7.98. The molecule has 126 valence electrons. The van der Waals surface area contributed by atoms with E-state index in [1.807, 2.05) is 23.9 Å². The van der Waals surface area contributed by atoms with Gasteiger partial charge >= 0.3 is 5.97 Å². The molecule has 0 amide bonds. The Bertz CT molecular complexity index is 634. The fourth-order valence-corrected chi connectivity index (χ4v) is 3.00. The van der Waals surface area contributed by atoms with Crippen molar-refractivity contribution in [2.45, 2.75) is 26.5 Å². The Morgan fingerprint density at radius 3 is 2.70 bits per heavy atom. The van der Waals surface area contributed by atoms with E-state index in [1.165, 1.54) is 5.56 Å². The molecule has 2 rings (SSSR count). The smallest absolute Gasteiger partial charge is 0.374 e. The Hall–Kier alpha value is -1.46. The summed E-state index contributed by atoms with van der Waals surface area (Å²) in [5.41, 5.74) is 1.97. The van der Waals surface area contributed by atoms with E-state index in [0.717, 1.165) is 42.1 Å². The van der Waals surface area contributed by atoms with E-state index in [0.29, 0.717) is 6.61 Å². The minimum absolute atomic E-state index is 0.278. The molecule has 0 aliphatic carbocycles. The van der Waals surface area contributed by atoms with Crippen LogP contribution in [0.4, 0.5) is 0 Å². The van der Waals surface area contributed by atoms with Crippen LogP contribution in [0.1, 0.15) is 36.9 Å². The van der Waals surface area contributed by atoms with Crippen LogP contribution in [-0.4, -0.2) is 42.9 Å². The summed E-state index contributed by atoms with van der Waals surface area (Å²) >= 11 is 1.87. The van der Waals surface area contributed by atoms with Crippen molar-refractivity contribution in [3.05, 3.63) is 35.6 Å². The van der Waals surface area contributed by atoms with E-state index in [1.54, 1.807) is 6.07 Å². The molecule has 1 heterocycles. The van der Waals surface area contributed by atoms with E-state index in [9.17, 15) is 4.79 Å². The second kappa shape index (κ2) is 8.99. The van der Waals surface area contributed by atoms with Crippen LogP contribution in [0, 0.1) is 0 Å². The summed E-state index contributed by atoms with van der Waals surface area (Å²) in [6.07, 6.45) is 0. The van der Waals surface area contributed by atoms with Crippen LogP contribution >= 0.6 is 11.8 Å². The predicted molar refractivity (Wildman–Crippen MR) is 96.1 cm³/mol. The molecule has 0 atom stereocenters. The summed E-state index contributed by atoms with van der Waals surface area (Å²) in [6, 6.07) is 7.82. The first-order chi connectivity index (χ1) is 11.2. The fourth-order valence-electron chi connectivity index (χ4n) is 2.38. The van der Waals surface area contributed by atoms with E-state index >= 15 is 0 Å². The number of ether oxygens (including phenoxy) is 1. The summed E-state index contributed by atoms with van der Waals surface area (Å²) in [5.74, 6) is 1.95. The van der Waals surface area contributed by atoms with Gasteiger partial charge in [0.15, 0.2) is 0 Å². The minimum atomic E-state index is -0.391. The number of likely N-dealkylation sites (N-methyl/N-ethyl adjacent to an activating group) is 1. The van der Waals surface area contributed by atoms with Gasteiger partial charge in [-0.1, -0.05) is 26.8 Å².